The van der Waals surface area contributed by atoms with Gasteiger partial charge in [0.1, 0.15) is 0 Å². The van der Waals surface area contributed by atoms with Gasteiger partial charge in [-0.3, -0.25) is 0 Å². The number of hydrogen-bond acceptors (Lipinski definition) is 0. The van der Waals surface area contributed by atoms with E-state index in [1.807, 2.05) is 0 Å². The largest absolute Gasteiger partial charge is 0.0750 e. The molecule has 0 fully saturated rings. The fourth-order valence-corrected chi connectivity index (χ4v) is 1.71. The molecule has 0 aromatic rings. The van der Waals surface area contributed by atoms with Crippen LogP contribution in [0.25, 0.3) is 0 Å². The molecule has 0 N–H and O–H groups in total. The van der Waals surface area contributed by atoms with Gasteiger partial charge in [-0.25, -0.2) is 0 Å². The minimum Gasteiger partial charge on any atom is -0.0750 e. The van der Waals surface area contributed by atoms with E-state index in [4.69, 9.17) is 0 Å². The molecule has 0 aliphatic rings. The van der Waals surface area contributed by atoms with Crippen molar-refractivity contribution in [3.8, 4) is 0 Å². The Morgan fingerprint density at radius 2 is 1.45 bits per heavy atom. The third-order valence-electron chi connectivity index (χ3n) is 1.46. The van der Waals surface area contributed by atoms with Gasteiger partial charge < -0.3 is 0 Å². The van der Waals surface area contributed by atoms with E-state index in [1.54, 1.807) is 6.04 Å². The van der Waals surface area contributed by atoms with Crippen molar-refractivity contribution in [3.05, 3.63) is 0 Å². The van der Waals surface area contributed by atoms with E-state index in [0.29, 0.717) is 19.0 Å². The Morgan fingerprint density at radius 1 is 0.909 bits per heavy atom. The highest BCUT2D eigenvalue weighted by Crippen LogP contribution is 2.01. The van der Waals surface area contributed by atoms with Crippen LogP contribution in [0, 0.1) is 0 Å². The van der Waals surface area contributed by atoms with Gasteiger partial charge in [-0.15, -0.1) is 0 Å². The summed E-state index contributed by atoms with van der Waals surface area (Å²) in [6, 6.07) is 1.57. The zero-order chi connectivity index (χ0) is 8.95. The smallest absolute Gasteiger partial charge is 0.0166 e. The van der Waals surface area contributed by atoms with Crippen LogP contribution in [-0.4, -0.2) is 19.0 Å². The van der Waals surface area contributed by atoms with Gasteiger partial charge in [0.2, 0.25) is 0 Å². The molecule has 0 spiro atoms. The molecule has 2 heteroatoms. The number of unbranched alkanes of at least 4 members (excludes halogenated alkanes) is 3. The zero-order valence-corrected chi connectivity index (χ0v) is 11.8. The average molecular weight is 190 g/mol. The standard InChI is InChI=1S/C7H18Si.C2H8Si/c1-3-4-5-6-7-8-2;1-3-2/h3-8H2,1-2H3;3H2,1-2H3. The van der Waals surface area contributed by atoms with Gasteiger partial charge in [0.05, 0.1) is 0 Å². The molecule has 0 rings (SSSR count). The number of hydrogen-bond donors (Lipinski definition) is 0. The van der Waals surface area contributed by atoms with E-state index in [0.717, 1.165) is 0 Å². The molecule has 0 saturated carbocycles. The topological polar surface area (TPSA) is 0 Å². The maximum atomic E-state index is 2.39. The van der Waals surface area contributed by atoms with Crippen molar-refractivity contribution in [1.29, 1.82) is 0 Å². The molecule has 0 radical (unpaired) electrons. The van der Waals surface area contributed by atoms with Crippen LogP contribution in [0.15, 0.2) is 0 Å². The maximum absolute atomic E-state index is 2.39. The van der Waals surface area contributed by atoms with Crippen molar-refractivity contribution in [2.24, 2.45) is 0 Å². The molecule has 0 aromatic heterocycles. The van der Waals surface area contributed by atoms with Crippen LogP contribution < -0.4 is 0 Å². The Balaban J connectivity index is 0. The van der Waals surface area contributed by atoms with Crippen LogP contribution in [0.4, 0.5) is 0 Å². The fourth-order valence-electron chi connectivity index (χ4n) is 0.854. The minimum atomic E-state index is 0.386. The second-order valence-corrected chi connectivity index (χ2v) is 6.24. The maximum Gasteiger partial charge on any atom is 0.0166 e. The quantitative estimate of drug-likeness (QED) is 0.461. The molecule has 0 nitrogen and oxygen atoms in total. The monoisotopic (exact) mass is 190 g/mol. The molecule has 0 atom stereocenters. The third kappa shape index (κ3) is 25.1. The molecule has 0 aliphatic carbocycles. The van der Waals surface area contributed by atoms with Crippen LogP contribution in [-0.2, 0) is 0 Å². The zero-order valence-electron chi connectivity index (χ0n) is 8.95. The Bertz CT molecular complexity index is 40.8. The Hall–Kier alpha value is 0.434. The van der Waals surface area contributed by atoms with Crippen LogP contribution in [0.5, 0.6) is 0 Å². The molecular weight excluding hydrogens is 164 g/mol. The van der Waals surface area contributed by atoms with Crippen LogP contribution >= 0.6 is 0 Å². The Labute approximate surface area is 77.8 Å². The van der Waals surface area contributed by atoms with E-state index in [1.165, 1.54) is 25.7 Å². The molecule has 70 valence electrons. The van der Waals surface area contributed by atoms with Gasteiger partial charge in [-0.1, -0.05) is 58.3 Å². The summed E-state index contributed by atoms with van der Waals surface area (Å²) in [4.78, 5) is 0. The van der Waals surface area contributed by atoms with Gasteiger partial charge in [0.15, 0.2) is 0 Å². The van der Waals surface area contributed by atoms with E-state index in [2.05, 4.69) is 26.6 Å². The van der Waals surface area contributed by atoms with E-state index >= 15 is 0 Å². The fraction of sp³-hybridized carbons (Fsp3) is 1.00. The van der Waals surface area contributed by atoms with Crippen molar-refractivity contribution >= 4 is 19.0 Å². The SMILES string of the molecule is CCCCCC[SiH2]C.C[SiH2]C. The lowest BCUT2D eigenvalue weighted by atomic mass is 10.2. The molecular formula is C9H26Si2. The lowest BCUT2D eigenvalue weighted by Gasteiger charge is -1.93. The molecule has 0 heterocycles. The van der Waals surface area contributed by atoms with Gasteiger partial charge >= 0.3 is 0 Å². The van der Waals surface area contributed by atoms with Crippen LogP contribution in [0.3, 0.4) is 0 Å². The van der Waals surface area contributed by atoms with Gasteiger partial charge in [0.25, 0.3) is 0 Å². The predicted octanol–water partition coefficient (Wildman–Crippen LogP) is 2.45. The summed E-state index contributed by atoms with van der Waals surface area (Å²) in [5, 5.41) is 0. The second-order valence-electron chi connectivity index (χ2n) is 3.12. The molecule has 0 amide bonds. The van der Waals surface area contributed by atoms with E-state index in [9.17, 15) is 0 Å². The first-order valence-corrected chi connectivity index (χ1v) is 10.6. The van der Waals surface area contributed by atoms with Crippen molar-refractivity contribution in [1.82, 2.24) is 0 Å². The summed E-state index contributed by atoms with van der Waals surface area (Å²) < 4.78 is 0. The summed E-state index contributed by atoms with van der Waals surface area (Å²) in [5.74, 6) is 0. The first-order valence-electron chi connectivity index (χ1n) is 5.33. The van der Waals surface area contributed by atoms with Crippen LogP contribution in [0.1, 0.15) is 32.6 Å². The van der Waals surface area contributed by atoms with Gasteiger partial charge in [-0.05, 0) is 0 Å². The minimum absolute atomic E-state index is 0.386. The normalized spacial score (nSPS) is 9.82. The number of rotatable bonds is 5. The van der Waals surface area contributed by atoms with E-state index in [-0.39, 0.29) is 0 Å². The average Bonchev–Trinajstić information content (AvgIpc) is 2.00. The van der Waals surface area contributed by atoms with Crippen molar-refractivity contribution < 1.29 is 0 Å². The van der Waals surface area contributed by atoms with Crippen molar-refractivity contribution in [2.45, 2.75) is 58.3 Å². The first kappa shape index (κ1) is 14.0. The molecule has 0 saturated heterocycles. The molecule has 0 unspecified atom stereocenters. The Morgan fingerprint density at radius 3 is 1.82 bits per heavy atom. The molecule has 11 heavy (non-hydrogen) atoms. The summed E-state index contributed by atoms with van der Waals surface area (Å²) in [6.45, 7) is 9.19. The van der Waals surface area contributed by atoms with Crippen LogP contribution in [0.2, 0.25) is 25.7 Å². The molecule has 0 aliphatic heterocycles. The Kier molecular flexibility index (Phi) is 21.4. The highest BCUT2D eigenvalue weighted by molar-refractivity contribution is 6.33. The van der Waals surface area contributed by atoms with Crippen molar-refractivity contribution in [3.63, 3.8) is 0 Å². The summed E-state index contributed by atoms with van der Waals surface area (Å²) in [5.41, 5.74) is 0. The highest BCUT2D eigenvalue weighted by Gasteiger charge is 1.83. The summed E-state index contributed by atoms with van der Waals surface area (Å²) in [7, 11) is 0.803. The molecule has 0 bridgehead atoms. The first-order chi connectivity index (χ1) is 5.33. The summed E-state index contributed by atoms with van der Waals surface area (Å²) in [6.07, 6.45) is 5.83. The lowest BCUT2D eigenvalue weighted by molar-refractivity contribution is 0.700. The third-order valence-corrected chi connectivity index (χ3v) is 2.66. The summed E-state index contributed by atoms with van der Waals surface area (Å²) >= 11 is 0. The predicted molar refractivity (Wildman–Crippen MR) is 63.6 cm³/mol. The van der Waals surface area contributed by atoms with E-state index < -0.39 is 0 Å². The second kappa shape index (κ2) is 16.8. The molecule has 0 aromatic carbocycles. The lowest BCUT2D eigenvalue weighted by Crippen LogP contribution is -1.80. The van der Waals surface area contributed by atoms with Gasteiger partial charge in [-0.2, -0.15) is 0 Å². The highest BCUT2D eigenvalue weighted by atomic mass is 28.2. The van der Waals surface area contributed by atoms with Crippen molar-refractivity contribution in [2.75, 3.05) is 0 Å². The van der Waals surface area contributed by atoms with Gasteiger partial charge in [0, 0.05) is 19.0 Å².